The van der Waals surface area contributed by atoms with Crippen LogP contribution in [0.15, 0.2) is 34.9 Å². The van der Waals surface area contributed by atoms with Crippen molar-refractivity contribution in [1.29, 1.82) is 0 Å². The average molecular weight is 355 g/mol. The number of anilines is 1. The molecule has 0 bridgehead atoms. The molecule has 0 spiro atoms. The van der Waals surface area contributed by atoms with Gasteiger partial charge in [-0.15, -0.1) is 0 Å². The number of nitrogens with one attached hydrogen (secondary N) is 1. The van der Waals surface area contributed by atoms with Gasteiger partial charge < -0.3 is 20.5 Å². The van der Waals surface area contributed by atoms with Gasteiger partial charge in [0.1, 0.15) is 0 Å². The van der Waals surface area contributed by atoms with Crippen molar-refractivity contribution in [2.24, 2.45) is 5.73 Å². The molecular formula is C19H25N5O2. The number of para-hydroxylation sites is 1. The van der Waals surface area contributed by atoms with E-state index in [2.05, 4.69) is 15.5 Å². The van der Waals surface area contributed by atoms with Crippen LogP contribution in [0.2, 0.25) is 0 Å². The third-order valence-electron chi connectivity index (χ3n) is 5.54. The summed E-state index contributed by atoms with van der Waals surface area (Å²) in [7, 11) is 0. The summed E-state index contributed by atoms with van der Waals surface area (Å²) in [4.78, 5) is 18.8. The Kier molecular flexibility index (Phi) is 4.63. The van der Waals surface area contributed by atoms with Crippen molar-refractivity contribution >= 4 is 11.7 Å². The van der Waals surface area contributed by atoms with Crippen LogP contribution in [0, 0.1) is 0 Å². The summed E-state index contributed by atoms with van der Waals surface area (Å²) in [6.45, 7) is 1.35. The first kappa shape index (κ1) is 17.0. The molecule has 2 fully saturated rings. The molecular weight excluding hydrogens is 330 g/mol. The summed E-state index contributed by atoms with van der Waals surface area (Å²) in [5.74, 6) is 1.51. The fraction of sp³-hybridized carbons (Fsp3) is 0.526. The van der Waals surface area contributed by atoms with Gasteiger partial charge in [-0.05, 0) is 37.8 Å². The summed E-state index contributed by atoms with van der Waals surface area (Å²) >= 11 is 0. The van der Waals surface area contributed by atoms with Crippen LogP contribution in [0.5, 0.6) is 0 Å². The van der Waals surface area contributed by atoms with E-state index in [1.807, 2.05) is 35.2 Å². The lowest BCUT2D eigenvalue weighted by molar-refractivity contribution is 0.187. The number of piperidine rings is 1. The molecule has 1 saturated heterocycles. The monoisotopic (exact) mass is 355 g/mol. The van der Waals surface area contributed by atoms with Crippen LogP contribution in [0.25, 0.3) is 0 Å². The molecule has 0 unspecified atom stereocenters. The molecule has 1 aromatic heterocycles. The second kappa shape index (κ2) is 7.07. The minimum absolute atomic E-state index is 0.0623. The first-order chi connectivity index (χ1) is 12.6. The minimum atomic E-state index is -0.419. The minimum Gasteiger partial charge on any atom is -0.339 e. The van der Waals surface area contributed by atoms with Gasteiger partial charge in [0.05, 0.1) is 5.54 Å². The highest BCUT2D eigenvalue weighted by Gasteiger charge is 2.37. The maximum absolute atomic E-state index is 12.4. The van der Waals surface area contributed by atoms with E-state index in [0.717, 1.165) is 44.2 Å². The smallest absolute Gasteiger partial charge is 0.321 e. The number of hydrogen-bond acceptors (Lipinski definition) is 5. The average Bonchev–Trinajstić information content (AvgIpc) is 3.33. The summed E-state index contributed by atoms with van der Waals surface area (Å²) < 4.78 is 5.51. The maximum Gasteiger partial charge on any atom is 0.321 e. The van der Waals surface area contributed by atoms with Gasteiger partial charge in [-0.1, -0.05) is 36.2 Å². The second-order valence-corrected chi connectivity index (χ2v) is 7.38. The third-order valence-corrected chi connectivity index (χ3v) is 5.54. The summed E-state index contributed by atoms with van der Waals surface area (Å²) in [5.41, 5.74) is 6.80. The molecule has 138 valence electrons. The van der Waals surface area contributed by atoms with E-state index in [9.17, 15) is 4.79 Å². The Morgan fingerprint density at radius 2 is 1.88 bits per heavy atom. The predicted molar refractivity (Wildman–Crippen MR) is 97.6 cm³/mol. The van der Waals surface area contributed by atoms with E-state index in [1.54, 1.807) is 0 Å². The summed E-state index contributed by atoms with van der Waals surface area (Å²) in [5, 5.41) is 7.08. The van der Waals surface area contributed by atoms with Crippen LogP contribution in [0.4, 0.5) is 10.5 Å². The van der Waals surface area contributed by atoms with E-state index in [0.29, 0.717) is 24.8 Å². The van der Waals surface area contributed by atoms with Crippen LogP contribution in [-0.2, 0) is 5.54 Å². The molecule has 4 rings (SSSR count). The van der Waals surface area contributed by atoms with Crippen molar-refractivity contribution in [2.45, 2.75) is 50.0 Å². The van der Waals surface area contributed by atoms with Gasteiger partial charge in [0.2, 0.25) is 5.89 Å². The molecule has 3 N–H and O–H groups in total. The number of nitrogens with two attached hydrogens (primary N) is 1. The molecule has 7 heteroatoms. The molecule has 1 aromatic carbocycles. The number of carbonyl (C=O) groups excluding carboxylic acids is 1. The quantitative estimate of drug-likeness (QED) is 0.881. The summed E-state index contributed by atoms with van der Waals surface area (Å²) in [6, 6.07) is 9.45. The fourth-order valence-electron chi connectivity index (χ4n) is 3.89. The van der Waals surface area contributed by atoms with E-state index >= 15 is 0 Å². The zero-order chi connectivity index (χ0) is 18.0. The molecule has 2 heterocycles. The Hall–Kier alpha value is -2.41. The van der Waals surface area contributed by atoms with Crippen molar-refractivity contribution in [3.8, 4) is 0 Å². The highest BCUT2D eigenvalue weighted by atomic mass is 16.5. The lowest BCUT2D eigenvalue weighted by Crippen LogP contribution is -2.40. The van der Waals surface area contributed by atoms with Crippen LogP contribution >= 0.6 is 0 Å². The van der Waals surface area contributed by atoms with Gasteiger partial charge >= 0.3 is 6.03 Å². The topological polar surface area (TPSA) is 97.3 Å². The van der Waals surface area contributed by atoms with Gasteiger partial charge in [0.15, 0.2) is 5.82 Å². The number of benzene rings is 1. The first-order valence-corrected chi connectivity index (χ1v) is 9.38. The molecule has 2 aromatic rings. The Balaban J connectivity index is 1.34. The molecule has 2 amide bonds. The van der Waals surface area contributed by atoms with Gasteiger partial charge in [0.25, 0.3) is 0 Å². The predicted octanol–water partition coefficient (Wildman–Crippen LogP) is 3.21. The number of aromatic nitrogens is 2. The maximum atomic E-state index is 12.4. The molecule has 0 radical (unpaired) electrons. The van der Waals surface area contributed by atoms with Crippen LogP contribution in [0.3, 0.4) is 0 Å². The fourth-order valence-corrected chi connectivity index (χ4v) is 3.89. The standard InChI is InChI=1S/C19H25N5O2/c20-19(10-4-5-11-19)17-22-16(26-23-17)14-8-12-24(13-9-14)18(25)21-15-6-2-1-3-7-15/h1-3,6-7,14H,4-5,8-13,20H2,(H,21,25). The third kappa shape index (κ3) is 3.44. The lowest BCUT2D eigenvalue weighted by atomic mass is 9.96. The Morgan fingerprint density at radius 3 is 2.58 bits per heavy atom. The molecule has 1 saturated carbocycles. The van der Waals surface area contributed by atoms with E-state index in [1.165, 1.54) is 0 Å². The van der Waals surface area contributed by atoms with E-state index in [4.69, 9.17) is 10.3 Å². The zero-order valence-electron chi connectivity index (χ0n) is 14.9. The molecule has 0 atom stereocenters. The normalized spacial score (nSPS) is 20.3. The van der Waals surface area contributed by atoms with Crippen molar-refractivity contribution in [1.82, 2.24) is 15.0 Å². The molecule has 7 nitrogen and oxygen atoms in total. The molecule has 1 aliphatic carbocycles. The van der Waals surface area contributed by atoms with Crippen LogP contribution in [-0.4, -0.2) is 34.2 Å². The SMILES string of the molecule is NC1(c2noc(C3CCN(C(=O)Nc4ccccc4)CC3)n2)CCCC1. The number of nitrogens with zero attached hydrogens (tertiary/aromatic N) is 3. The van der Waals surface area contributed by atoms with Gasteiger partial charge in [-0.2, -0.15) is 4.98 Å². The Labute approximate surface area is 152 Å². The van der Waals surface area contributed by atoms with Crippen molar-refractivity contribution in [3.05, 3.63) is 42.0 Å². The first-order valence-electron chi connectivity index (χ1n) is 9.38. The number of amides is 2. The van der Waals surface area contributed by atoms with Gasteiger partial charge in [-0.3, -0.25) is 0 Å². The number of carbonyl (C=O) groups is 1. The largest absolute Gasteiger partial charge is 0.339 e. The van der Waals surface area contributed by atoms with Crippen LogP contribution in [0.1, 0.15) is 56.2 Å². The highest BCUT2D eigenvalue weighted by molar-refractivity contribution is 5.89. The van der Waals surface area contributed by atoms with E-state index in [-0.39, 0.29) is 11.9 Å². The van der Waals surface area contributed by atoms with Crippen molar-refractivity contribution < 1.29 is 9.32 Å². The van der Waals surface area contributed by atoms with Gasteiger partial charge in [-0.25, -0.2) is 4.79 Å². The lowest BCUT2D eigenvalue weighted by Gasteiger charge is -2.30. The number of hydrogen-bond donors (Lipinski definition) is 2. The summed E-state index contributed by atoms with van der Waals surface area (Å²) in [6.07, 6.45) is 5.72. The number of rotatable bonds is 3. The number of likely N-dealkylation sites (tertiary alicyclic amines) is 1. The van der Waals surface area contributed by atoms with Gasteiger partial charge in [0, 0.05) is 24.7 Å². The molecule has 1 aliphatic heterocycles. The Morgan fingerprint density at radius 1 is 1.19 bits per heavy atom. The highest BCUT2D eigenvalue weighted by Crippen LogP contribution is 2.36. The number of urea groups is 1. The van der Waals surface area contributed by atoms with Crippen molar-refractivity contribution in [3.63, 3.8) is 0 Å². The van der Waals surface area contributed by atoms with Crippen molar-refractivity contribution in [2.75, 3.05) is 18.4 Å². The van der Waals surface area contributed by atoms with Crippen LogP contribution < -0.4 is 11.1 Å². The zero-order valence-corrected chi connectivity index (χ0v) is 14.9. The van der Waals surface area contributed by atoms with E-state index < -0.39 is 5.54 Å². The molecule has 26 heavy (non-hydrogen) atoms. The Bertz CT molecular complexity index is 746. The second-order valence-electron chi connectivity index (χ2n) is 7.38. The molecule has 2 aliphatic rings.